The molecule has 2 N–H and O–H groups in total. The van der Waals surface area contributed by atoms with Gasteiger partial charge in [0, 0.05) is 12.7 Å². The molecule has 1 aliphatic heterocycles. The van der Waals surface area contributed by atoms with Crippen LogP contribution in [0.15, 0.2) is 23.4 Å². The second-order valence-electron chi connectivity index (χ2n) is 4.52. The van der Waals surface area contributed by atoms with Crippen LogP contribution in [0, 0.1) is 11.7 Å². The largest absolute Gasteiger partial charge is 0.315 e. The number of pyridine rings is 1. The first kappa shape index (κ1) is 13.4. The summed E-state index contributed by atoms with van der Waals surface area (Å²) in [6.07, 6.45) is 2.24. The average Bonchev–Trinajstić information content (AvgIpc) is 2.32. The highest BCUT2D eigenvalue weighted by Crippen LogP contribution is 2.26. The molecular weight excluding hydrogens is 257 g/mol. The zero-order valence-electron chi connectivity index (χ0n) is 10.1. The fourth-order valence-electron chi connectivity index (χ4n) is 2.13. The van der Waals surface area contributed by atoms with E-state index in [1.807, 2.05) is 6.92 Å². The summed E-state index contributed by atoms with van der Waals surface area (Å²) in [7, 11) is -3.95. The van der Waals surface area contributed by atoms with E-state index in [2.05, 4.69) is 4.98 Å². The van der Waals surface area contributed by atoms with E-state index in [-0.39, 0.29) is 5.92 Å². The lowest BCUT2D eigenvalue weighted by Crippen LogP contribution is -2.52. The van der Waals surface area contributed by atoms with E-state index >= 15 is 0 Å². The molecule has 7 heteroatoms. The van der Waals surface area contributed by atoms with Gasteiger partial charge in [-0.2, -0.15) is 4.31 Å². The number of hydrogen-bond acceptors (Lipinski definition) is 4. The van der Waals surface area contributed by atoms with Gasteiger partial charge in [-0.1, -0.05) is 6.92 Å². The Kier molecular flexibility index (Phi) is 3.65. The van der Waals surface area contributed by atoms with Crippen molar-refractivity contribution in [2.75, 3.05) is 6.54 Å². The summed E-state index contributed by atoms with van der Waals surface area (Å²) in [5.74, 6) is -0.789. The summed E-state index contributed by atoms with van der Waals surface area (Å²) in [6.45, 7) is 2.20. The van der Waals surface area contributed by atoms with Crippen LogP contribution in [0.2, 0.25) is 0 Å². The standard InChI is InChI=1S/C11H16FN3O2S/c1-8-4-3-7-15(10(8)13)18(16,17)11-9(12)5-2-6-14-11/h2,5-6,8,10H,3-4,7,13H2,1H3. The van der Waals surface area contributed by atoms with E-state index in [9.17, 15) is 12.8 Å². The average molecular weight is 273 g/mol. The van der Waals surface area contributed by atoms with Gasteiger partial charge in [-0.3, -0.25) is 0 Å². The maximum atomic E-state index is 13.6. The van der Waals surface area contributed by atoms with Gasteiger partial charge >= 0.3 is 0 Å². The molecule has 18 heavy (non-hydrogen) atoms. The first-order valence-electron chi connectivity index (χ1n) is 5.82. The summed E-state index contributed by atoms with van der Waals surface area (Å²) >= 11 is 0. The van der Waals surface area contributed by atoms with E-state index < -0.39 is 27.0 Å². The van der Waals surface area contributed by atoms with Crippen LogP contribution >= 0.6 is 0 Å². The third kappa shape index (κ3) is 2.25. The van der Waals surface area contributed by atoms with Gasteiger partial charge in [-0.05, 0) is 30.9 Å². The van der Waals surface area contributed by atoms with Crippen molar-refractivity contribution < 1.29 is 12.8 Å². The minimum Gasteiger partial charge on any atom is -0.315 e. The predicted molar refractivity (Wildman–Crippen MR) is 64.5 cm³/mol. The number of nitrogens with zero attached hydrogens (tertiary/aromatic N) is 2. The highest BCUT2D eigenvalue weighted by Gasteiger charge is 2.37. The van der Waals surface area contributed by atoms with Crippen LogP contribution in [0.3, 0.4) is 0 Å². The topological polar surface area (TPSA) is 76.3 Å². The lowest BCUT2D eigenvalue weighted by Gasteiger charge is -2.36. The third-order valence-electron chi connectivity index (χ3n) is 3.23. The number of nitrogens with two attached hydrogens (primary N) is 1. The molecule has 1 fully saturated rings. The maximum Gasteiger partial charge on any atom is 0.264 e. The number of sulfonamides is 1. The monoisotopic (exact) mass is 273 g/mol. The normalized spacial score (nSPS) is 26.2. The van der Waals surface area contributed by atoms with Gasteiger partial charge in [-0.25, -0.2) is 17.8 Å². The molecule has 0 aliphatic carbocycles. The smallest absolute Gasteiger partial charge is 0.264 e. The van der Waals surface area contributed by atoms with Crippen molar-refractivity contribution in [2.45, 2.75) is 31.0 Å². The van der Waals surface area contributed by atoms with E-state index in [1.165, 1.54) is 12.3 Å². The molecule has 0 spiro atoms. The second kappa shape index (κ2) is 4.91. The van der Waals surface area contributed by atoms with Crippen LogP contribution in [-0.4, -0.2) is 30.4 Å². The molecule has 1 aliphatic rings. The maximum absolute atomic E-state index is 13.6. The minimum atomic E-state index is -3.95. The summed E-state index contributed by atoms with van der Waals surface area (Å²) in [4.78, 5) is 3.62. The highest BCUT2D eigenvalue weighted by molar-refractivity contribution is 7.89. The van der Waals surface area contributed by atoms with Gasteiger partial charge in [0.25, 0.3) is 10.0 Å². The molecule has 1 aromatic rings. The van der Waals surface area contributed by atoms with Gasteiger partial charge in [0.2, 0.25) is 5.03 Å². The van der Waals surface area contributed by atoms with Gasteiger partial charge in [0.05, 0.1) is 6.17 Å². The summed E-state index contributed by atoms with van der Waals surface area (Å²) < 4.78 is 39.3. The fourth-order valence-corrected chi connectivity index (χ4v) is 3.75. The lowest BCUT2D eigenvalue weighted by atomic mass is 9.99. The minimum absolute atomic E-state index is 0.0558. The first-order chi connectivity index (χ1) is 8.44. The summed E-state index contributed by atoms with van der Waals surface area (Å²) in [5, 5.41) is -0.547. The van der Waals surface area contributed by atoms with Crippen LogP contribution in [0.5, 0.6) is 0 Å². The molecule has 2 atom stereocenters. The number of rotatable bonds is 2. The van der Waals surface area contributed by atoms with Gasteiger partial charge in [0.15, 0.2) is 5.82 Å². The lowest BCUT2D eigenvalue weighted by molar-refractivity contribution is 0.191. The Balaban J connectivity index is 2.40. The molecule has 0 bridgehead atoms. The van der Waals surface area contributed by atoms with Crippen molar-refractivity contribution in [2.24, 2.45) is 11.7 Å². The molecule has 2 heterocycles. The highest BCUT2D eigenvalue weighted by atomic mass is 32.2. The molecule has 2 unspecified atom stereocenters. The molecule has 0 aromatic carbocycles. The van der Waals surface area contributed by atoms with E-state index in [4.69, 9.17) is 5.73 Å². The molecule has 0 saturated carbocycles. The zero-order valence-corrected chi connectivity index (χ0v) is 10.9. The Morgan fingerprint density at radius 2 is 2.28 bits per heavy atom. The number of halogens is 1. The Bertz CT molecular complexity index is 535. The van der Waals surface area contributed by atoms with Crippen LogP contribution in [0.1, 0.15) is 19.8 Å². The van der Waals surface area contributed by atoms with Crippen LogP contribution in [0.4, 0.5) is 4.39 Å². The molecule has 5 nitrogen and oxygen atoms in total. The molecule has 2 rings (SSSR count). The van der Waals surface area contributed by atoms with E-state index in [0.29, 0.717) is 6.54 Å². The quantitative estimate of drug-likeness (QED) is 0.869. The van der Waals surface area contributed by atoms with Crippen molar-refractivity contribution in [3.05, 3.63) is 24.1 Å². The fraction of sp³-hybridized carbons (Fsp3) is 0.545. The molecule has 100 valence electrons. The van der Waals surface area contributed by atoms with Crippen LogP contribution < -0.4 is 5.73 Å². The number of hydrogen-bond donors (Lipinski definition) is 1. The predicted octanol–water partition coefficient (Wildman–Crippen LogP) is 0.926. The second-order valence-corrected chi connectivity index (χ2v) is 6.32. The number of aromatic nitrogens is 1. The Hall–Kier alpha value is -1.05. The van der Waals surface area contributed by atoms with Gasteiger partial charge < -0.3 is 5.73 Å². The molecule has 1 aromatic heterocycles. The van der Waals surface area contributed by atoms with E-state index in [0.717, 1.165) is 23.2 Å². The molecule has 0 radical (unpaired) electrons. The Labute approximate surface area is 106 Å². The number of piperidine rings is 1. The third-order valence-corrected chi connectivity index (χ3v) is 5.06. The van der Waals surface area contributed by atoms with Gasteiger partial charge in [0.1, 0.15) is 0 Å². The molecule has 0 amide bonds. The molecular formula is C11H16FN3O2S. The molecule has 1 saturated heterocycles. The SMILES string of the molecule is CC1CCCN(S(=O)(=O)c2ncccc2F)C1N. The van der Waals surface area contributed by atoms with Crippen LogP contribution in [0.25, 0.3) is 0 Å². The summed E-state index contributed by atoms with van der Waals surface area (Å²) in [5.41, 5.74) is 5.89. The van der Waals surface area contributed by atoms with Crippen molar-refractivity contribution in [1.82, 2.24) is 9.29 Å². The zero-order chi connectivity index (χ0) is 13.3. The van der Waals surface area contributed by atoms with Crippen molar-refractivity contribution in [3.8, 4) is 0 Å². The Morgan fingerprint density at radius 1 is 1.56 bits per heavy atom. The van der Waals surface area contributed by atoms with Crippen molar-refractivity contribution in [3.63, 3.8) is 0 Å². The van der Waals surface area contributed by atoms with Crippen molar-refractivity contribution >= 4 is 10.0 Å². The van der Waals surface area contributed by atoms with Crippen molar-refractivity contribution in [1.29, 1.82) is 0 Å². The van der Waals surface area contributed by atoms with E-state index in [1.54, 1.807) is 0 Å². The first-order valence-corrected chi connectivity index (χ1v) is 7.26. The summed E-state index contributed by atoms with van der Waals surface area (Å²) in [6, 6.07) is 2.44. The van der Waals surface area contributed by atoms with Crippen LogP contribution in [-0.2, 0) is 10.0 Å². The van der Waals surface area contributed by atoms with Gasteiger partial charge in [-0.15, -0.1) is 0 Å². The Morgan fingerprint density at radius 3 is 2.94 bits per heavy atom.